The molecule has 0 spiro atoms. The molecule has 0 aliphatic heterocycles. The van der Waals surface area contributed by atoms with E-state index in [2.05, 4.69) is 221 Å². The third-order valence-electron chi connectivity index (χ3n) is 13.6. The van der Waals surface area contributed by atoms with Gasteiger partial charge in [0.15, 0.2) is 11.6 Å². The molecular weight excluding hydrogens is 859 g/mol. The summed E-state index contributed by atoms with van der Waals surface area (Å²) in [6.07, 6.45) is 0. The van der Waals surface area contributed by atoms with Gasteiger partial charge in [0, 0.05) is 58.4 Å². The molecule has 0 unspecified atom stereocenters. The van der Waals surface area contributed by atoms with E-state index < -0.39 is 0 Å². The van der Waals surface area contributed by atoms with Gasteiger partial charge >= 0.3 is 0 Å². The van der Waals surface area contributed by atoms with E-state index >= 15 is 0 Å². The first-order valence-electron chi connectivity index (χ1n) is 23.3. The van der Waals surface area contributed by atoms with Gasteiger partial charge in [0.05, 0.1) is 27.8 Å². The molecule has 0 saturated carbocycles. The minimum atomic E-state index is 0.551. The minimum Gasteiger partial charge on any atom is -0.307 e. The van der Waals surface area contributed by atoms with E-state index in [4.69, 9.17) is 15.0 Å². The highest BCUT2D eigenvalue weighted by atomic mass is 32.1. The van der Waals surface area contributed by atoms with Gasteiger partial charge in [-0.2, -0.15) is 9.97 Å². The summed E-state index contributed by atoms with van der Waals surface area (Å²) in [5.74, 6) is 1.76. The van der Waals surface area contributed by atoms with Crippen LogP contribution in [0.25, 0.3) is 132 Å². The molecule has 0 radical (unpaired) electrons. The third-order valence-corrected chi connectivity index (χ3v) is 14.8. The molecule has 69 heavy (non-hydrogen) atoms. The number of thiophene rings is 1. The lowest BCUT2D eigenvalue weighted by atomic mass is 9.96. The maximum absolute atomic E-state index is 5.44. The van der Waals surface area contributed by atoms with Crippen molar-refractivity contribution in [1.29, 1.82) is 0 Å². The fraction of sp³-hybridized carbons (Fsp3) is 0. The Labute approximate surface area is 401 Å². The second-order valence-corrected chi connectivity index (χ2v) is 18.6. The van der Waals surface area contributed by atoms with Gasteiger partial charge in [-0.1, -0.05) is 200 Å². The standard InChI is InChI=1S/C63H39N5S/c1-4-16-40(17-5-1)42-28-30-44(31-29-42)62-64-61(43-20-8-3-9-21-43)65-63(66-62)68-55-26-14-11-23-49(55)52-36-35-51-48-22-10-13-25-54(48)67(59(51)60(52)68)56-39-45(41-18-6-2-7-19-41)32-34-47(56)46-33-37-58-53(38-46)50-24-12-15-27-57(50)69-58/h1-39H. The van der Waals surface area contributed by atoms with E-state index in [0.29, 0.717) is 17.6 Å². The van der Waals surface area contributed by atoms with Crippen LogP contribution >= 0.6 is 11.3 Å². The predicted molar refractivity (Wildman–Crippen MR) is 289 cm³/mol. The van der Waals surface area contributed by atoms with E-state index in [9.17, 15) is 0 Å². The molecule has 322 valence electrons. The highest BCUT2D eigenvalue weighted by Gasteiger charge is 2.25. The summed E-state index contributed by atoms with van der Waals surface area (Å²) >= 11 is 1.85. The van der Waals surface area contributed by atoms with Crippen molar-refractivity contribution < 1.29 is 0 Å². The molecule has 0 aliphatic carbocycles. The number of hydrogen-bond donors (Lipinski definition) is 0. The van der Waals surface area contributed by atoms with Crippen molar-refractivity contribution in [2.45, 2.75) is 0 Å². The molecule has 0 saturated heterocycles. The summed E-state index contributed by atoms with van der Waals surface area (Å²) in [5.41, 5.74) is 14.0. The van der Waals surface area contributed by atoms with Crippen molar-refractivity contribution in [3.63, 3.8) is 0 Å². The lowest BCUT2D eigenvalue weighted by Gasteiger charge is -2.18. The molecule has 0 bridgehead atoms. The maximum atomic E-state index is 5.44. The molecule has 14 rings (SSSR count). The van der Waals surface area contributed by atoms with Gasteiger partial charge in [-0.25, -0.2) is 4.98 Å². The molecule has 0 N–H and O–H groups in total. The van der Waals surface area contributed by atoms with Crippen LogP contribution in [0.15, 0.2) is 237 Å². The summed E-state index contributed by atoms with van der Waals surface area (Å²) in [7, 11) is 0. The fourth-order valence-corrected chi connectivity index (χ4v) is 11.5. The molecule has 14 aromatic rings. The lowest BCUT2D eigenvalue weighted by molar-refractivity contribution is 0.953. The van der Waals surface area contributed by atoms with E-state index in [1.807, 2.05) is 35.6 Å². The normalized spacial score (nSPS) is 11.8. The second kappa shape index (κ2) is 15.8. The number of para-hydroxylation sites is 2. The third kappa shape index (κ3) is 6.41. The topological polar surface area (TPSA) is 48.5 Å². The van der Waals surface area contributed by atoms with Crippen LogP contribution in [-0.2, 0) is 0 Å². The molecule has 4 aromatic heterocycles. The van der Waals surface area contributed by atoms with Crippen LogP contribution in [0, 0.1) is 0 Å². The van der Waals surface area contributed by atoms with Gasteiger partial charge < -0.3 is 4.57 Å². The fourth-order valence-electron chi connectivity index (χ4n) is 10.4. The van der Waals surface area contributed by atoms with Crippen LogP contribution in [0.1, 0.15) is 0 Å². The number of benzene rings is 10. The number of nitrogens with zero attached hydrogens (tertiary/aromatic N) is 5. The van der Waals surface area contributed by atoms with Gasteiger partial charge in [-0.05, 0) is 64.2 Å². The van der Waals surface area contributed by atoms with Crippen LogP contribution in [0.2, 0.25) is 0 Å². The largest absolute Gasteiger partial charge is 0.307 e. The average molecular weight is 898 g/mol. The van der Waals surface area contributed by atoms with Gasteiger partial charge in [0.1, 0.15) is 0 Å². The highest BCUT2D eigenvalue weighted by Crippen LogP contribution is 2.45. The molecule has 0 fully saturated rings. The van der Waals surface area contributed by atoms with Crippen LogP contribution in [-0.4, -0.2) is 24.1 Å². The summed E-state index contributed by atoms with van der Waals surface area (Å²) in [4.78, 5) is 16.0. The molecule has 0 amide bonds. The smallest absolute Gasteiger partial charge is 0.238 e. The van der Waals surface area contributed by atoms with E-state index in [-0.39, 0.29) is 0 Å². The molecule has 0 atom stereocenters. The van der Waals surface area contributed by atoms with E-state index in [1.54, 1.807) is 0 Å². The zero-order valence-corrected chi connectivity index (χ0v) is 38.0. The Balaban J connectivity index is 1.09. The van der Waals surface area contributed by atoms with Gasteiger partial charge in [-0.3, -0.25) is 4.57 Å². The average Bonchev–Trinajstić information content (AvgIpc) is 4.09. The Bertz CT molecular complexity index is 4280. The van der Waals surface area contributed by atoms with Crippen molar-refractivity contribution in [1.82, 2.24) is 24.1 Å². The summed E-state index contributed by atoms with van der Waals surface area (Å²) < 4.78 is 7.36. The Morgan fingerprint density at radius 3 is 1.42 bits per heavy atom. The number of aromatic nitrogens is 5. The number of fused-ring (bicyclic) bond motifs is 10. The van der Waals surface area contributed by atoms with Crippen molar-refractivity contribution in [3.8, 4) is 67.8 Å². The first kappa shape index (κ1) is 39.2. The SMILES string of the molecule is c1ccc(-c2ccc(-c3nc(-c4ccccc4)nc(-n4c5ccccc5c5ccc6c7ccccc7n(-c7cc(-c8ccccc8)ccc7-c7ccc8sc9ccccc9c8c7)c6c54)n3)cc2)cc1. The molecule has 4 heterocycles. The monoisotopic (exact) mass is 897 g/mol. The predicted octanol–water partition coefficient (Wildman–Crippen LogP) is 16.8. The quantitative estimate of drug-likeness (QED) is 0.160. The Hall–Kier alpha value is -8.97. The zero-order valence-electron chi connectivity index (χ0n) is 37.2. The van der Waals surface area contributed by atoms with Gasteiger partial charge in [-0.15, -0.1) is 11.3 Å². The van der Waals surface area contributed by atoms with Crippen molar-refractivity contribution in [2.75, 3.05) is 0 Å². The molecule has 6 heteroatoms. The van der Waals surface area contributed by atoms with Crippen LogP contribution in [0.4, 0.5) is 0 Å². The first-order valence-corrected chi connectivity index (χ1v) is 24.1. The summed E-state index contributed by atoms with van der Waals surface area (Å²) in [6, 6.07) is 84.7. The van der Waals surface area contributed by atoms with Crippen molar-refractivity contribution in [3.05, 3.63) is 237 Å². The Kier molecular flexibility index (Phi) is 9.00. The van der Waals surface area contributed by atoms with Crippen molar-refractivity contribution in [2.24, 2.45) is 0 Å². The van der Waals surface area contributed by atoms with Crippen molar-refractivity contribution >= 4 is 75.1 Å². The summed E-state index contributed by atoms with van der Waals surface area (Å²) in [6.45, 7) is 0. The van der Waals surface area contributed by atoms with Crippen LogP contribution in [0.5, 0.6) is 0 Å². The summed E-state index contributed by atoms with van der Waals surface area (Å²) in [5, 5.41) is 7.10. The first-order chi connectivity index (χ1) is 34.2. The molecule has 5 nitrogen and oxygen atoms in total. The molecule has 10 aromatic carbocycles. The van der Waals surface area contributed by atoms with E-state index in [0.717, 1.165) is 88.4 Å². The van der Waals surface area contributed by atoms with Gasteiger partial charge in [0.25, 0.3) is 0 Å². The molecular formula is C63H39N5S. The maximum Gasteiger partial charge on any atom is 0.238 e. The minimum absolute atomic E-state index is 0.551. The zero-order chi connectivity index (χ0) is 45.4. The van der Waals surface area contributed by atoms with E-state index in [1.165, 1.54) is 25.6 Å². The second-order valence-electron chi connectivity index (χ2n) is 17.6. The highest BCUT2D eigenvalue weighted by molar-refractivity contribution is 7.25. The lowest BCUT2D eigenvalue weighted by Crippen LogP contribution is -2.07. The van der Waals surface area contributed by atoms with Gasteiger partial charge in [0.2, 0.25) is 5.95 Å². The number of rotatable bonds is 7. The van der Waals surface area contributed by atoms with Crippen LogP contribution in [0.3, 0.4) is 0 Å². The Morgan fingerprint density at radius 1 is 0.290 bits per heavy atom. The molecule has 0 aliphatic rings. The number of hydrogen-bond acceptors (Lipinski definition) is 4. The van der Waals surface area contributed by atoms with Crippen LogP contribution < -0.4 is 0 Å². The Morgan fingerprint density at radius 2 is 0.754 bits per heavy atom.